The molecule has 0 radical (unpaired) electrons. The van der Waals surface area contributed by atoms with Gasteiger partial charge in [-0.3, -0.25) is 9.30 Å². The number of fused-ring (bicyclic) bond motifs is 1. The van der Waals surface area contributed by atoms with Crippen molar-refractivity contribution in [3.63, 3.8) is 0 Å². The first-order chi connectivity index (χ1) is 13.0. The maximum Gasteiger partial charge on any atom is 0.233 e. The van der Waals surface area contributed by atoms with E-state index in [1.54, 1.807) is 13.3 Å². The van der Waals surface area contributed by atoms with Gasteiger partial charge in [-0.05, 0) is 30.2 Å². The van der Waals surface area contributed by atoms with Crippen molar-refractivity contribution in [2.24, 2.45) is 0 Å². The quantitative estimate of drug-likeness (QED) is 0.644. The van der Waals surface area contributed by atoms with Crippen molar-refractivity contribution in [3.05, 3.63) is 60.2 Å². The van der Waals surface area contributed by atoms with Crippen LogP contribution in [-0.2, 0) is 22.9 Å². The SMILES string of the molecule is COc1ccc(CN(Cc2cn3cccnc3n2)C2CCS(=O)(=O)C2)cc1. The Morgan fingerprint density at radius 2 is 2.07 bits per heavy atom. The number of rotatable bonds is 6. The maximum atomic E-state index is 12.0. The van der Waals surface area contributed by atoms with Crippen LogP contribution in [0.25, 0.3) is 5.78 Å². The Kier molecular flexibility index (Phi) is 4.84. The second-order valence-electron chi connectivity index (χ2n) is 6.87. The monoisotopic (exact) mass is 386 g/mol. The number of imidazole rings is 1. The molecule has 1 atom stereocenters. The number of nitrogens with zero attached hydrogens (tertiary/aromatic N) is 4. The Hall–Kier alpha value is -2.45. The lowest BCUT2D eigenvalue weighted by atomic mass is 10.1. The zero-order valence-corrected chi connectivity index (χ0v) is 16.0. The maximum absolute atomic E-state index is 12.0. The van der Waals surface area contributed by atoms with Crippen LogP contribution in [-0.4, -0.2) is 52.3 Å². The third-order valence-electron chi connectivity index (χ3n) is 4.92. The molecule has 27 heavy (non-hydrogen) atoms. The number of hydrogen-bond acceptors (Lipinski definition) is 6. The molecule has 1 unspecified atom stereocenters. The van der Waals surface area contributed by atoms with E-state index in [0.29, 0.717) is 25.3 Å². The lowest BCUT2D eigenvalue weighted by molar-refractivity contribution is 0.192. The van der Waals surface area contributed by atoms with Gasteiger partial charge in [-0.2, -0.15) is 0 Å². The Balaban J connectivity index is 1.58. The van der Waals surface area contributed by atoms with Crippen LogP contribution in [0.3, 0.4) is 0 Å². The number of ether oxygens (including phenoxy) is 1. The van der Waals surface area contributed by atoms with E-state index in [1.807, 2.05) is 47.1 Å². The van der Waals surface area contributed by atoms with Crippen LogP contribution in [0.2, 0.25) is 0 Å². The fourth-order valence-electron chi connectivity index (χ4n) is 3.51. The predicted octanol–water partition coefficient (Wildman–Crippen LogP) is 1.93. The summed E-state index contributed by atoms with van der Waals surface area (Å²) >= 11 is 0. The molecule has 1 fully saturated rings. The van der Waals surface area contributed by atoms with Crippen molar-refractivity contribution in [1.82, 2.24) is 19.3 Å². The number of sulfone groups is 1. The second-order valence-corrected chi connectivity index (χ2v) is 9.10. The molecule has 0 aliphatic carbocycles. The van der Waals surface area contributed by atoms with Crippen LogP contribution in [0, 0.1) is 0 Å². The smallest absolute Gasteiger partial charge is 0.233 e. The Morgan fingerprint density at radius 1 is 1.26 bits per heavy atom. The lowest BCUT2D eigenvalue weighted by Crippen LogP contribution is -2.35. The van der Waals surface area contributed by atoms with Crippen molar-refractivity contribution in [1.29, 1.82) is 0 Å². The number of hydrogen-bond donors (Lipinski definition) is 0. The van der Waals surface area contributed by atoms with Crippen LogP contribution in [0.15, 0.2) is 48.9 Å². The van der Waals surface area contributed by atoms with E-state index in [9.17, 15) is 8.42 Å². The van der Waals surface area contributed by atoms with Crippen LogP contribution >= 0.6 is 0 Å². The summed E-state index contributed by atoms with van der Waals surface area (Å²) in [6, 6.07) is 9.73. The number of aromatic nitrogens is 3. The number of methoxy groups -OCH3 is 1. The minimum absolute atomic E-state index is 0.00475. The lowest BCUT2D eigenvalue weighted by Gasteiger charge is -2.27. The third kappa shape index (κ3) is 4.12. The first kappa shape index (κ1) is 17.9. The first-order valence-corrected chi connectivity index (χ1v) is 10.7. The van der Waals surface area contributed by atoms with E-state index in [4.69, 9.17) is 4.74 Å². The Labute approximate surface area is 158 Å². The molecule has 1 aromatic carbocycles. The molecule has 0 amide bonds. The highest BCUT2D eigenvalue weighted by Gasteiger charge is 2.32. The molecule has 3 heterocycles. The van der Waals surface area contributed by atoms with Gasteiger partial charge in [-0.15, -0.1) is 0 Å². The van der Waals surface area contributed by atoms with Crippen molar-refractivity contribution in [2.45, 2.75) is 25.6 Å². The van der Waals surface area contributed by atoms with E-state index in [-0.39, 0.29) is 17.5 Å². The van der Waals surface area contributed by atoms with Crippen LogP contribution in [0.5, 0.6) is 5.75 Å². The van der Waals surface area contributed by atoms with E-state index in [2.05, 4.69) is 14.9 Å². The third-order valence-corrected chi connectivity index (χ3v) is 6.67. The normalized spacial score (nSPS) is 19.0. The molecule has 2 aromatic heterocycles. The van der Waals surface area contributed by atoms with Gasteiger partial charge in [0.2, 0.25) is 5.78 Å². The summed E-state index contributed by atoms with van der Waals surface area (Å²) in [5.74, 6) is 1.91. The first-order valence-electron chi connectivity index (χ1n) is 8.88. The molecule has 142 valence electrons. The predicted molar refractivity (Wildman–Crippen MR) is 102 cm³/mol. The Morgan fingerprint density at radius 3 is 2.74 bits per heavy atom. The fraction of sp³-hybridized carbons (Fsp3) is 0.368. The molecule has 0 bridgehead atoms. The molecular formula is C19H22N4O3S. The molecule has 1 aliphatic rings. The summed E-state index contributed by atoms with van der Waals surface area (Å²) in [4.78, 5) is 11.0. The largest absolute Gasteiger partial charge is 0.497 e. The summed E-state index contributed by atoms with van der Waals surface area (Å²) in [5, 5.41) is 0. The second kappa shape index (κ2) is 7.28. The molecule has 0 spiro atoms. The highest BCUT2D eigenvalue weighted by atomic mass is 32.2. The molecule has 7 nitrogen and oxygen atoms in total. The van der Waals surface area contributed by atoms with Gasteiger partial charge < -0.3 is 4.74 Å². The van der Waals surface area contributed by atoms with Gasteiger partial charge in [-0.1, -0.05) is 12.1 Å². The van der Waals surface area contributed by atoms with Gasteiger partial charge in [0.25, 0.3) is 0 Å². The summed E-state index contributed by atoms with van der Waals surface area (Å²) in [7, 11) is -1.32. The summed E-state index contributed by atoms with van der Waals surface area (Å²) in [6.45, 7) is 1.24. The fourth-order valence-corrected chi connectivity index (χ4v) is 5.27. The Bertz CT molecular complexity index is 998. The van der Waals surface area contributed by atoms with Crippen molar-refractivity contribution < 1.29 is 13.2 Å². The van der Waals surface area contributed by atoms with Crippen molar-refractivity contribution >= 4 is 15.6 Å². The molecule has 3 aromatic rings. The topological polar surface area (TPSA) is 76.8 Å². The standard InChI is InChI=1S/C19H22N4O3S/c1-26-18-5-3-15(4-6-18)11-23(17-7-10-27(24,25)14-17)13-16-12-22-9-2-8-20-19(22)21-16/h2-6,8-9,12,17H,7,10-11,13-14H2,1H3. The summed E-state index contributed by atoms with van der Waals surface area (Å²) in [5.41, 5.74) is 1.99. The minimum atomic E-state index is -2.96. The van der Waals surface area contributed by atoms with Crippen LogP contribution < -0.4 is 4.74 Å². The summed E-state index contributed by atoms with van der Waals surface area (Å²) < 4.78 is 31.1. The molecule has 0 saturated carbocycles. The van der Waals surface area contributed by atoms with E-state index in [0.717, 1.165) is 17.0 Å². The molecular weight excluding hydrogens is 364 g/mol. The van der Waals surface area contributed by atoms with E-state index in [1.165, 1.54) is 0 Å². The molecule has 1 saturated heterocycles. The average Bonchev–Trinajstić information content (AvgIpc) is 3.24. The highest BCUT2D eigenvalue weighted by Crippen LogP contribution is 2.23. The van der Waals surface area contributed by atoms with Crippen LogP contribution in [0.4, 0.5) is 0 Å². The molecule has 4 rings (SSSR count). The minimum Gasteiger partial charge on any atom is -0.497 e. The zero-order chi connectivity index (χ0) is 18.9. The van der Waals surface area contributed by atoms with Gasteiger partial charge in [-0.25, -0.2) is 18.4 Å². The van der Waals surface area contributed by atoms with Gasteiger partial charge in [0.15, 0.2) is 9.84 Å². The van der Waals surface area contributed by atoms with E-state index < -0.39 is 9.84 Å². The van der Waals surface area contributed by atoms with Crippen molar-refractivity contribution in [3.8, 4) is 5.75 Å². The van der Waals surface area contributed by atoms with Crippen molar-refractivity contribution in [2.75, 3.05) is 18.6 Å². The zero-order valence-electron chi connectivity index (χ0n) is 15.2. The van der Waals surface area contributed by atoms with Gasteiger partial charge in [0.1, 0.15) is 5.75 Å². The van der Waals surface area contributed by atoms with E-state index >= 15 is 0 Å². The molecule has 0 N–H and O–H groups in total. The molecule has 8 heteroatoms. The van der Waals surface area contributed by atoms with Gasteiger partial charge in [0.05, 0.1) is 24.3 Å². The van der Waals surface area contributed by atoms with Gasteiger partial charge >= 0.3 is 0 Å². The number of benzene rings is 1. The highest BCUT2D eigenvalue weighted by molar-refractivity contribution is 7.91. The van der Waals surface area contributed by atoms with Crippen LogP contribution in [0.1, 0.15) is 17.7 Å². The van der Waals surface area contributed by atoms with Gasteiger partial charge in [0, 0.05) is 37.7 Å². The molecule has 1 aliphatic heterocycles. The average molecular weight is 386 g/mol. The summed E-state index contributed by atoms with van der Waals surface area (Å²) in [6.07, 6.45) is 6.23.